The first-order valence-electron chi connectivity index (χ1n) is 10.1. The van der Waals surface area contributed by atoms with Crippen LogP contribution in [0.4, 0.5) is 5.69 Å². The van der Waals surface area contributed by atoms with Gasteiger partial charge in [-0.15, -0.1) is 10.2 Å². The number of Topliss-reactive ketones (excluding diaryl/α,β-unsaturated/α-hetero) is 1. The number of amides is 1. The number of aromatic nitrogens is 3. The number of carbonyl (C=O) groups is 2. The predicted molar refractivity (Wildman–Crippen MR) is 117 cm³/mol. The minimum absolute atomic E-state index is 0.0273. The lowest BCUT2D eigenvalue weighted by Gasteiger charge is -2.20. The highest BCUT2D eigenvalue weighted by atomic mass is 32.2. The topological polar surface area (TPSA) is 81.3 Å². The molecule has 1 heterocycles. The summed E-state index contributed by atoms with van der Waals surface area (Å²) in [6.07, 6.45) is 3.10. The molecule has 2 N–H and O–H groups in total. The summed E-state index contributed by atoms with van der Waals surface area (Å²) >= 11 is 1.40. The molecular weight excluding hydrogens is 386 g/mol. The number of benzene rings is 1. The van der Waals surface area contributed by atoms with Crippen molar-refractivity contribution in [3.05, 3.63) is 35.7 Å². The van der Waals surface area contributed by atoms with Gasteiger partial charge in [0.05, 0.1) is 19.8 Å². The number of hydrogen-bond donors (Lipinski definition) is 2. The van der Waals surface area contributed by atoms with Crippen LogP contribution >= 0.6 is 11.8 Å². The molecule has 1 amide bonds. The SMILES string of the molecule is CCCCn1c(SCC(=O)Nc2cccc(C(C)=O)c2)nnc1[C@H](CC)[NH+](C)C. The first kappa shape index (κ1) is 23.1. The van der Waals surface area contributed by atoms with Gasteiger partial charge in [0.1, 0.15) is 6.04 Å². The number of nitrogens with one attached hydrogen (secondary N) is 2. The van der Waals surface area contributed by atoms with Crippen LogP contribution in [0.2, 0.25) is 0 Å². The molecule has 1 atom stereocenters. The maximum Gasteiger partial charge on any atom is 0.234 e. The van der Waals surface area contributed by atoms with E-state index in [2.05, 4.69) is 48.0 Å². The number of quaternary nitrogens is 1. The summed E-state index contributed by atoms with van der Waals surface area (Å²) in [5.41, 5.74) is 1.20. The van der Waals surface area contributed by atoms with Gasteiger partial charge in [0, 0.05) is 24.2 Å². The highest BCUT2D eigenvalue weighted by Crippen LogP contribution is 2.22. The predicted octanol–water partition coefficient (Wildman–Crippen LogP) is 2.61. The van der Waals surface area contributed by atoms with E-state index < -0.39 is 0 Å². The molecule has 0 saturated carbocycles. The lowest BCUT2D eigenvalue weighted by molar-refractivity contribution is -0.893. The van der Waals surface area contributed by atoms with Crippen LogP contribution in [-0.2, 0) is 11.3 Å². The molecule has 0 fully saturated rings. The molecule has 0 radical (unpaired) electrons. The van der Waals surface area contributed by atoms with Gasteiger partial charge in [-0.2, -0.15) is 0 Å². The monoisotopic (exact) mass is 418 g/mol. The van der Waals surface area contributed by atoms with Crippen molar-refractivity contribution in [3.63, 3.8) is 0 Å². The van der Waals surface area contributed by atoms with Gasteiger partial charge in [0.25, 0.3) is 0 Å². The standard InChI is InChI=1S/C21H31N5O2S/c1-6-8-12-26-20(18(7-2)25(4)5)23-24-21(26)29-14-19(28)22-17-11-9-10-16(13-17)15(3)27/h9-11,13,18H,6-8,12,14H2,1-5H3,(H,22,28)/p+1/t18-/m0/s1. The summed E-state index contributed by atoms with van der Waals surface area (Å²) in [6, 6.07) is 7.25. The molecule has 0 unspecified atom stereocenters. The van der Waals surface area contributed by atoms with Crippen molar-refractivity contribution in [3.8, 4) is 0 Å². The summed E-state index contributed by atoms with van der Waals surface area (Å²) < 4.78 is 2.17. The number of nitrogens with zero attached hydrogens (tertiary/aromatic N) is 3. The zero-order valence-electron chi connectivity index (χ0n) is 18.0. The van der Waals surface area contributed by atoms with Crippen LogP contribution in [0.15, 0.2) is 29.4 Å². The van der Waals surface area contributed by atoms with Crippen molar-refractivity contribution >= 4 is 29.1 Å². The summed E-state index contributed by atoms with van der Waals surface area (Å²) in [7, 11) is 4.25. The molecule has 0 aliphatic carbocycles. The third kappa shape index (κ3) is 6.40. The van der Waals surface area contributed by atoms with Crippen LogP contribution in [0, 0.1) is 0 Å². The van der Waals surface area contributed by atoms with E-state index in [4.69, 9.17) is 0 Å². The van der Waals surface area contributed by atoms with Gasteiger partial charge in [0.15, 0.2) is 16.8 Å². The second-order valence-corrected chi connectivity index (χ2v) is 8.30. The van der Waals surface area contributed by atoms with Gasteiger partial charge < -0.3 is 14.8 Å². The van der Waals surface area contributed by atoms with Gasteiger partial charge in [-0.05, 0) is 25.5 Å². The van der Waals surface area contributed by atoms with E-state index in [1.54, 1.807) is 24.3 Å². The van der Waals surface area contributed by atoms with E-state index in [0.717, 1.165) is 36.8 Å². The molecule has 0 bridgehead atoms. The molecule has 2 aromatic rings. The van der Waals surface area contributed by atoms with Gasteiger partial charge >= 0.3 is 0 Å². The lowest BCUT2D eigenvalue weighted by Crippen LogP contribution is -3.06. The van der Waals surface area contributed by atoms with Crippen molar-refractivity contribution in [2.75, 3.05) is 25.2 Å². The highest BCUT2D eigenvalue weighted by molar-refractivity contribution is 7.99. The third-order valence-corrected chi connectivity index (χ3v) is 5.75. The average Bonchev–Trinajstić information content (AvgIpc) is 3.07. The van der Waals surface area contributed by atoms with Crippen molar-refractivity contribution in [2.45, 2.75) is 57.8 Å². The molecule has 0 aliphatic heterocycles. The van der Waals surface area contributed by atoms with Crippen LogP contribution in [0.1, 0.15) is 62.3 Å². The quantitative estimate of drug-likeness (QED) is 0.433. The molecule has 7 nitrogen and oxygen atoms in total. The Morgan fingerprint density at radius 1 is 1.24 bits per heavy atom. The van der Waals surface area contributed by atoms with Gasteiger partial charge in [0.2, 0.25) is 5.91 Å². The fourth-order valence-electron chi connectivity index (χ4n) is 3.18. The molecule has 1 aromatic heterocycles. The van der Waals surface area contributed by atoms with Gasteiger partial charge in [-0.1, -0.05) is 44.2 Å². The van der Waals surface area contributed by atoms with Gasteiger partial charge in [-0.25, -0.2) is 0 Å². The van der Waals surface area contributed by atoms with E-state index in [-0.39, 0.29) is 23.5 Å². The molecule has 0 spiro atoms. The number of anilines is 1. The Hall–Kier alpha value is -2.19. The Balaban J connectivity index is 2.09. The van der Waals surface area contributed by atoms with E-state index >= 15 is 0 Å². The molecule has 0 saturated heterocycles. The van der Waals surface area contributed by atoms with Crippen LogP contribution in [-0.4, -0.2) is 46.3 Å². The lowest BCUT2D eigenvalue weighted by atomic mass is 10.1. The minimum Gasteiger partial charge on any atom is -0.331 e. The highest BCUT2D eigenvalue weighted by Gasteiger charge is 2.25. The normalized spacial score (nSPS) is 12.2. The Bertz CT molecular complexity index is 834. The number of carbonyl (C=O) groups excluding carboxylic acids is 2. The van der Waals surface area contributed by atoms with Crippen LogP contribution < -0.4 is 10.2 Å². The van der Waals surface area contributed by atoms with E-state index in [9.17, 15) is 9.59 Å². The number of rotatable bonds is 11. The third-order valence-electron chi connectivity index (χ3n) is 4.78. The van der Waals surface area contributed by atoms with Crippen LogP contribution in [0.25, 0.3) is 0 Å². The Kier molecular flexibility index (Phi) is 8.85. The Morgan fingerprint density at radius 3 is 2.62 bits per heavy atom. The van der Waals surface area contributed by atoms with Crippen molar-refractivity contribution in [1.82, 2.24) is 14.8 Å². The molecule has 2 rings (SSSR count). The summed E-state index contributed by atoms with van der Waals surface area (Å²) in [5.74, 6) is 1.06. The van der Waals surface area contributed by atoms with Crippen LogP contribution in [0.5, 0.6) is 0 Å². The van der Waals surface area contributed by atoms with Crippen molar-refractivity contribution in [2.24, 2.45) is 0 Å². The second-order valence-electron chi connectivity index (χ2n) is 7.36. The largest absolute Gasteiger partial charge is 0.331 e. The second kappa shape index (κ2) is 11.1. The molecular formula is C21H32N5O2S+. The number of unbranched alkanes of at least 4 members (excludes halogenated alkanes) is 1. The minimum atomic E-state index is -0.132. The summed E-state index contributed by atoms with van der Waals surface area (Å²) in [6.45, 7) is 6.68. The Labute approximate surface area is 177 Å². The fourth-order valence-corrected chi connectivity index (χ4v) is 3.95. The van der Waals surface area contributed by atoms with E-state index in [1.807, 2.05) is 0 Å². The zero-order chi connectivity index (χ0) is 21.4. The van der Waals surface area contributed by atoms with Crippen molar-refractivity contribution < 1.29 is 14.5 Å². The first-order valence-corrected chi connectivity index (χ1v) is 11.1. The Morgan fingerprint density at radius 2 is 2.00 bits per heavy atom. The summed E-state index contributed by atoms with van der Waals surface area (Å²) in [5, 5.41) is 12.5. The number of ketones is 1. The first-order chi connectivity index (χ1) is 13.9. The molecule has 29 heavy (non-hydrogen) atoms. The molecule has 1 aromatic carbocycles. The molecule has 8 heteroatoms. The van der Waals surface area contributed by atoms with Gasteiger partial charge in [-0.3, -0.25) is 9.59 Å². The fraction of sp³-hybridized carbons (Fsp3) is 0.524. The summed E-state index contributed by atoms with van der Waals surface area (Å²) in [4.78, 5) is 25.2. The number of thioether (sulfide) groups is 1. The maximum absolute atomic E-state index is 12.4. The zero-order valence-corrected chi connectivity index (χ0v) is 18.8. The van der Waals surface area contributed by atoms with E-state index in [0.29, 0.717) is 11.3 Å². The van der Waals surface area contributed by atoms with Crippen molar-refractivity contribution in [1.29, 1.82) is 0 Å². The maximum atomic E-state index is 12.4. The van der Waals surface area contributed by atoms with Crippen LogP contribution in [0.3, 0.4) is 0 Å². The number of hydrogen-bond acceptors (Lipinski definition) is 5. The molecule has 0 aliphatic rings. The molecule has 158 valence electrons. The van der Waals surface area contributed by atoms with E-state index in [1.165, 1.54) is 23.6 Å². The average molecular weight is 419 g/mol. The smallest absolute Gasteiger partial charge is 0.234 e.